The number of carbonyl (C=O) groups excluding carboxylic acids is 4. The first-order valence-electron chi connectivity index (χ1n) is 12.6. The Balaban J connectivity index is 1.57. The van der Waals surface area contributed by atoms with Crippen LogP contribution in [0.5, 0.6) is 0 Å². The smallest absolute Gasteiger partial charge is 0.407 e. The number of primary amides is 1. The summed E-state index contributed by atoms with van der Waals surface area (Å²) < 4.78 is 4.73. The Hall–Kier alpha value is -3.56. The van der Waals surface area contributed by atoms with Crippen molar-refractivity contribution in [2.75, 3.05) is 13.7 Å². The van der Waals surface area contributed by atoms with Crippen LogP contribution in [0.2, 0.25) is 0 Å². The lowest BCUT2D eigenvalue weighted by Crippen LogP contribution is -2.60. The van der Waals surface area contributed by atoms with Gasteiger partial charge in [-0.05, 0) is 34.3 Å². The van der Waals surface area contributed by atoms with Gasteiger partial charge in [0.05, 0.1) is 7.11 Å². The second-order valence-electron chi connectivity index (χ2n) is 11.9. The van der Waals surface area contributed by atoms with Crippen LogP contribution in [0.25, 0.3) is 10.9 Å². The lowest BCUT2D eigenvalue weighted by Gasteiger charge is -2.37. The van der Waals surface area contributed by atoms with Gasteiger partial charge in [0.2, 0.25) is 17.7 Å². The first-order chi connectivity index (χ1) is 17.3. The van der Waals surface area contributed by atoms with Crippen LogP contribution >= 0.6 is 0 Å². The Kier molecular flexibility index (Phi) is 6.73. The lowest BCUT2D eigenvalue weighted by molar-refractivity contribution is -0.144. The van der Waals surface area contributed by atoms with Gasteiger partial charge in [-0.3, -0.25) is 14.4 Å². The minimum Gasteiger partial charge on any atom is -0.453 e. The highest BCUT2D eigenvalue weighted by atomic mass is 16.5. The number of carbonyl (C=O) groups is 4. The third-order valence-electron chi connectivity index (χ3n) is 8.08. The summed E-state index contributed by atoms with van der Waals surface area (Å²) in [6.45, 7) is 10.1. The number of likely N-dealkylation sites (tertiary alicyclic amines) is 1. The molecule has 4 rings (SSSR count). The zero-order valence-electron chi connectivity index (χ0n) is 22.3. The number of aromatic amines is 1. The van der Waals surface area contributed by atoms with E-state index in [2.05, 4.69) is 29.5 Å². The quantitative estimate of drug-likeness (QED) is 0.449. The van der Waals surface area contributed by atoms with Crippen molar-refractivity contribution in [3.05, 3.63) is 36.0 Å². The lowest BCUT2D eigenvalue weighted by atomic mass is 9.85. The standard InChI is InChI=1S/C27H37N5O5/c1-26(2,3)21(31-25(36)37-6)24(35)32-13-16-19(27(16,4)5)20(32)23(34)30-18(22(28)33)11-14-12-29-17-10-8-7-9-15(14)17/h7-10,12,16,18-21,29H,11,13H2,1-6H3,(H2,28,33)(H,30,34)(H,31,36)/t16?,18-,19+,20?,21+/m0/s1. The number of amides is 4. The molecule has 10 heteroatoms. The molecule has 1 saturated carbocycles. The molecule has 37 heavy (non-hydrogen) atoms. The van der Waals surface area contributed by atoms with Crippen LogP contribution in [0, 0.1) is 22.7 Å². The number of hydrogen-bond donors (Lipinski definition) is 4. The van der Waals surface area contributed by atoms with Crippen LogP contribution in [0.15, 0.2) is 30.5 Å². The minimum absolute atomic E-state index is 0.0585. The number of para-hydroxylation sites is 1. The number of benzene rings is 1. The molecule has 1 aliphatic heterocycles. The van der Waals surface area contributed by atoms with Crippen molar-refractivity contribution in [1.29, 1.82) is 0 Å². The zero-order valence-corrected chi connectivity index (χ0v) is 22.3. The van der Waals surface area contributed by atoms with Gasteiger partial charge in [-0.25, -0.2) is 4.79 Å². The molecule has 5 atom stereocenters. The van der Waals surface area contributed by atoms with Crippen molar-refractivity contribution >= 4 is 34.7 Å². The topological polar surface area (TPSA) is 147 Å². The number of aromatic nitrogens is 1. The first kappa shape index (κ1) is 26.5. The number of nitrogens with zero attached hydrogens (tertiary/aromatic N) is 1. The normalized spacial score (nSPS) is 23.6. The Bertz CT molecular complexity index is 1230. The van der Waals surface area contributed by atoms with E-state index in [4.69, 9.17) is 10.5 Å². The van der Waals surface area contributed by atoms with Crippen molar-refractivity contribution in [2.24, 2.45) is 28.4 Å². The monoisotopic (exact) mass is 511 g/mol. The number of ether oxygens (including phenoxy) is 1. The molecule has 2 heterocycles. The molecule has 1 saturated heterocycles. The van der Waals surface area contributed by atoms with Crippen molar-refractivity contribution in [3.63, 3.8) is 0 Å². The van der Waals surface area contributed by atoms with Crippen LogP contribution in [0.4, 0.5) is 4.79 Å². The number of fused-ring (bicyclic) bond motifs is 2. The fraction of sp³-hybridized carbons (Fsp3) is 0.556. The highest BCUT2D eigenvalue weighted by Crippen LogP contribution is 2.65. The number of piperidine rings is 1. The van der Waals surface area contributed by atoms with Crippen molar-refractivity contribution < 1.29 is 23.9 Å². The number of H-pyrrole nitrogens is 1. The number of nitrogens with one attached hydrogen (secondary N) is 3. The second kappa shape index (κ2) is 9.39. The van der Waals surface area contributed by atoms with Crippen molar-refractivity contribution in [3.8, 4) is 0 Å². The summed E-state index contributed by atoms with van der Waals surface area (Å²) in [4.78, 5) is 56.6. The summed E-state index contributed by atoms with van der Waals surface area (Å²) in [5, 5.41) is 6.42. The first-order valence-corrected chi connectivity index (χ1v) is 12.6. The highest BCUT2D eigenvalue weighted by molar-refractivity contribution is 5.95. The maximum absolute atomic E-state index is 13.7. The molecular formula is C27H37N5O5. The number of methoxy groups -OCH3 is 1. The van der Waals surface area contributed by atoms with E-state index in [1.807, 2.05) is 51.2 Å². The van der Waals surface area contributed by atoms with Gasteiger partial charge in [0, 0.05) is 30.1 Å². The molecule has 0 radical (unpaired) electrons. The third-order valence-corrected chi connectivity index (χ3v) is 8.08. The molecule has 0 bridgehead atoms. The Morgan fingerprint density at radius 3 is 2.49 bits per heavy atom. The Morgan fingerprint density at radius 2 is 1.86 bits per heavy atom. The minimum atomic E-state index is -0.948. The van der Waals surface area contributed by atoms with Gasteiger partial charge in [0.1, 0.15) is 18.1 Å². The van der Waals surface area contributed by atoms with Crippen molar-refractivity contribution in [2.45, 2.75) is 59.2 Å². The number of hydrogen-bond acceptors (Lipinski definition) is 5. The van der Waals surface area contributed by atoms with E-state index in [-0.39, 0.29) is 29.6 Å². The van der Waals surface area contributed by atoms with E-state index in [0.717, 1.165) is 16.5 Å². The van der Waals surface area contributed by atoms with Gasteiger partial charge in [0.25, 0.3) is 0 Å². The predicted octanol–water partition coefficient (Wildman–Crippen LogP) is 1.93. The highest BCUT2D eigenvalue weighted by Gasteiger charge is 2.69. The maximum atomic E-state index is 13.7. The van der Waals surface area contributed by atoms with Gasteiger partial charge in [-0.1, -0.05) is 52.8 Å². The van der Waals surface area contributed by atoms with E-state index in [1.165, 1.54) is 7.11 Å². The van der Waals surface area contributed by atoms with E-state index in [0.29, 0.717) is 6.54 Å². The number of nitrogens with two attached hydrogens (primary N) is 1. The van der Waals surface area contributed by atoms with E-state index >= 15 is 0 Å². The molecule has 200 valence electrons. The van der Waals surface area contributed by atoms with Crippen LogP contribution in [0.1, 0.15) is 40.2 Å². The SMILES string of the molecule is COC(=O)N[C@H](C(=O)N1CC2[C@H](C1C(=O)N[C@@H](Cc1c[nH]c3ccccc13)C(N)=O)C2(C)C)C(C)(C)C. The molecule has 0 spiro atoms. The van der Waals surface area contributed by atoms with E-state index in [9.17, 15) is 19.2 Å². The predicted molar refractivity (Wildman–Crippen MR) is 138 cm³/mol. The summed E-state index contributed by atoms with van der Waals surface area (Å²) in [5.74, 6) is -1.33. The van der Waals surface area contributed by atoms with E-state index in [1.54, 1.807) is 4.90 Å². The molecule has 2 aliphatic rings. The summed E-state index contributed by atoms with van der Waals surface area (Å²) in [5.41, 5.74) is 6.75. The van der Waals surface area contributed by atoms with E-state index < -0.39 is 41.4 Å². The molecule has 2 fully saturated rings. The van der Waals surface area contributed by atoms with Crippen LogP contribution in [-0.2, 0) is 25.5 Å². The maximum Gasteiger partial charge on any atom is 0.407 e. The molecule has 2 aromatic rings. The molecule has 5 N–H and O–H groups in total. The molecule has 10 nitrogen and oxygen atoms in total. The second-order valence-corrected chi connectivity index (χ2v) is 11.9. The fourth-order valence-corrected chi connectivity index (χ4v) is 5.80. The van der Waals surface area contributed by atoms with Crippen molar-refractivity contribution in [1.82, 2.24) is 20.5 Å². The summed E-state index contributed by atoms with van der Waals surface area (Å²) >= 11 is 0. The number of alkyl carbamates (subject to hydrolysis) is 1. The Labute approximate surface area is 216 Å². The summed E-state index contributed by atoms with van der Waals surface area (Å²) in [6, 6.07) is 5.07. The van der Waals surface area contributed by atoms with Gasteiger partial charge in [-0.2, -0.15) is 0 Å². The third kappa shape index (κ3) is 4.89. The summed E-state index contributed by atoms with van der Waals surface area (Å²) in [7, 11) is 1.24. The largest absolute Gasteiger partial charge is 0.453 e. The zero-order chi connectivity index (χ0) is 27.3. The molecule has 1 aromatic heterocycles. The molecule has 1 aromatic carbocycles. The van der Waals surface area contributed by atoms with Gasteiger partial charge >= 0.3 is 6.09 Å². The van der Waals surface area contributed by atoms with Gasteiger partial charge < -0.3 is 31.0 Å². The average Bonchev–Trinajstić information content (AvgIpc) is 3.19. The molecular weight excluding hydrogens is 474 g/mol. The average molecular weight is 512 g/mol. The van der Waals surface area contributed by atoms with Crippen LogP contribution in [-0.4, -0.2) is 65.5 Å². The Morgan fingerprint density at radius 1 is 1.19 bits per heavy atom. The van der Waals surface area contributed by atoms with Gasteiger partial charge in [0.15, 0.2) is 0 Å². The molecule has 1 aliphatic carbocycles. The van der Waals surface area contributed by atoms with Gasteiger partial charge in [-0.15, -0.1) is 0 Å². The summed E-state index contributed by atoms with van der Waals surface area (Å²) in [6.07, 6.45) is 1.31. The molecule has 4 amide bonds. The fourth-order valence-electron chi connectivity index (χ4n) is 5.80. The molecule has 2 unspecified atom stereocenters. The van der Waals surface area contributed by atoms with Crippen LogP contribution in [0.3, 0.4) is 0 Å². The number of rotatable bonds is 7. The van der Waals surface area contributed by atoms with Crippen LogP contribution < -0.4 is 16.4 Å².